The first-order chi connectivity index (χ1) is 7.65. The maximum atomic E-state index is 13.3. The minimum absolute atomic E-state index is 0.0537. The second-order valence-corrected chi connectivity index (χ2v) is 5.22. The summed E-state index contributed by atoms with van der Waals surface area (Å²) >= 11 is 1.30. The maximum absolute atomic E-state index is 13.3. The van der Waals surface area contributed by atoms with Crippen LogP contribution in [0, 0.1) is 28.4 Å². The van der Waals surface area contributed by atoms with Crippen molar-refractivity contribution >= 4 is 11.8 Å². The third-order valence-corrected chi connectivity index (χ3v) is 4.22. The first kappa shape index (κ1) is 11.4. The van der Waals surface area contributed by atoms with Crippen LogP contribution in [0.1, 0.15) is 19.3 Å². The molecule has 16 heavy (non-hydrogen) atoms. The van der Waals surface area contributed by atoms with Crippen LogP contribution in [0.3, 0.4) is 0 Å². The van der Waals surface area contributed by atoms with Gasteiger partial charge in [-0.2, -0.15) is 5.26 Å². The Kier molecular flexibility index (Phi) is 3.15. The van der Waals surface area contributed by atoms with Crippen molar-refractivity contribution in [1.29, 1.82) is 5.26 Å². The molecule has 0 heterocycles. The molecule has 1 aromatic carbocycles. The number of nitriles is 1. The molecule has 84 valence electrons. The lowest BCUT2D eigenvalue weighted by Crippen LogP contribution is -2.02. The van der Waals surface area contributed by atoms with Gasteiger partial charge in [0.2, 0.25) is 0 Å². The van der Waals surface area contributed by atoms with Crippen LogP contribution in [-0.2, 0) is 0 Å². The Morgan fingerprint density at radius 2 is 2.12 bits per heavy atom. The van der Waals surface area contributed by atoms with Crippen LogP contribution in [0.25, 0.3) is 0 Å². The Bertz CT molecular complexity index is 435. The first-order valence-electron chi connectivity index (χ1n) is 5.10. The summed E-state index contributed by atoms with van der Waals surface area (Å²) in [5.74, 6) is -0.116. The summed E-state index contributed by atoms with van der Waals surface area (Å²) < 4.78 is 26.2. The molecule has 1 aromatic rings. The quantitative estimate of drug-likeness (QED) is 0.747. The highest BCUT2D eigenvalue weighted by molar-refractivity contribution is 7.99. The topological polar surface area (TPSA) is 23.8 Å². The zero-order valence-corrected chi connectivity index (χ0v) is 9.49. The summed E-state index contributed by atoms with van der Waals surface area (Å²) in [6.07, 6.45) is 2.55. The summed E-state index contributed by atoms with van der Waals surface area (Å²) in [5.41, 5.74) is 0.0537. The molecular weight excluding hydrogens is 228 g/mol. The molecule has 1 nitrogen and oxygen atoms in total. The van der Waals surface area contributed by atoms with E-state index >= 15 is 0 Å². The van der Waals surface area contributed by atoms with E-state index in [9.17, 15) is 8.78 Å². The maximum Gasteiger partial charge on any atom is 0.136 e. The van der Waals surface area contributed by atoms with Crippen molar-refractivity contribution in [2.24, 2.45) is 5.41 Å². The van der Waals surface area contributed by atoms with Crippen molar-refractivity contribution < 1.29 is 8.78 Å². The van der Waals surface area contributed by atoms with Crippen LogP contribution in [0.2, 0.25) is 0 Å². The number of rotatable bonds is 4. The number of hydrogen-bond donors (Lipinski definition) is 0. The van der Waals surface area contributed by atoms with Crippen LogP contribution in [0.5, 0.6) is 0 Å². The van der Waals surface area contributed by atoms with E-state index in [2.05, 4.69) is 6.07 Å². The summed E-state index contributed by atoms with van der Waals surface area (Å²) in [7, 11) is 0. The van der Waals surface area contributed by atoms with Gasteiger partial charge in [-0.15, -0.1) is 11.8 Å². The number of benzene rings is 1. The van der Waals surface area contributed by atoms with E-state index in [0.717, 1.165) is 25.0 Å². The van der Waals surface area contributed by atoms with E-state index < -0.39 is 5.82 Å². The van der Waals surface area contributed by atoms with E-state index in [4.69, 9.17) is 5.26 Å². The molecule has 0 N–H and O–H groups in total. The van der Waals surface area contributed by atoms with Crippen LogP contribution in [0.4, 0.5) is 8.78 Å². The Labute approximate surface area is 97.5 Å². The van der Waals surface area contributed by atoms with E-state index in [-0.39, 0.29) is 11.2 Å². The average molecular weight is 239 g/mol. The van der Waals surface area contributed by atoms with E-state index in [1.54, 1.807) is 0 Å². The molecule has 4 heteroatoms. The van der Waals surface area contributed by atoms with Gasteiger partial charge >= 0.3 is 0 Å². The van der Waals surface area contributed by atoms with E-state index in [1.165, 1.54) is 17.8 Å². The van der Waals surface area contributed by atoms with Gasteiger partial charge in [0.1, 0.15) is 11.6 Å². The van der Waals surface area contributed by atoms with Gasteiger partial charge in [-0.25, -0.2) is 8.78 Å². The second-order valence-electron chi connectivity index (χ2n) is 4.20. The predicted molar refractivity (Wildman–Crippen MR) is 59.0 cm³/mol. The monoisotopic (exact) mass is 239 g/mol. The lowest BCUT2D eigenvalue weighted by molar-refractivity contribution is 0.574. The predicted octanol–water partition coefficient (Wildman–Crippen LogP) is 3.75. The van der Waals surface area contributed by atoms with E-state index in [1.807, 2.05) is 0 Å². The molecule has 0 amide bonds. The Hall–Kier alpha value is -1.08. The van der Waals surface area contributed by atoms with Crippen LogP contribution >= 0.6 is 11.8 Å². The smallest absolute Gasteiger partial charge is 0.136 e. The molecule has 0 spiro atoms. The standard InChI is InChI=1S/C12H11F2NS/c13-9-1-2-10(14)11(7-9)16-8-12(3-4-12)5-6-15/h1-2,7H,3-5,8H2. The van der Waals surface area contributed by atoms with Gasteiger partial charge in [0.25, 0.3) is 0 Å². The van der Waals surface area contributed by atoms with Crippen molar-refractivity contribution in [2.45, 2.75) is 24.2 Å². The molecule has 0 bridgehead atoms. The molecule has 0 atom stereocenters. The lowest BCUT2D eigenvalue weighted by Gasteiger charge is -2.10. The van der Waals surface area contributed by atoms with E-state index in [0.29, 0.717) is 17.1 Å². The molecule has 1 aliphatic rings. The molecule has 1 aliphatic carbocycles. The molecule has 0 saturated heterocycles. The fraction of sp³-hybridized carbons (Fsp3) is 0.417. The molecular formula is C12H11F2NS. The average Bonchev–Trinajstić information content (AvgIpc) is 3.01. The third-order valence-electron chi connectivity index (χ3n) is 2.84. The van der Waals surface area contributed by atoms with Gasteiger partial charge in [0.15, 0.2) is 0 Å². The number of halogens is 2. The fourth-order valence-corrected chi connectivity index (χ4v) is 2.79. The fourth-order valence-electron chi connectivity index (χ4n) is 1.54. The molecule has 0 aromatic heterocycles. The molecule has 0 radical (unpaired) electrons. The zero-order valence-electron chi connectivity index (χ0n) is 8.67. The highest BCUT2D eigenvalue weighted by Crippen LogP contribution is 2.51. The second kappa shape index (κ2) is 4.42. The summed E-state index contributed by atoms with van der Waals surface area (Å²) in [4.78, 5) is 0.337. The number of hydrogen-bond acceptors (Lipinski definition) is 2. The van der Waals surface area contributed by atoms with Crippen molar-refractivity contribution in [3.8, 4) is 6.07 Å². The van der Waals surface area contributed by atoms with Crippen molar-refractivity contribution in [1.82, 2.24) is 0 Å². The van der Waals surface area contributed by atoms with Crippen LogP contribution < -0.4 is 0 Å². The van der Waals surface area contributed by atoms with Crippen molar-refractivity contribution in [3.05, 3.63) is 29.8 Å². The Morgan fingerprint density at radius 1 is 1.38 bits per heavy atom. The van der Waals surface area contributed by atoms with Gasteiger partial charge < -0.3 is 0 Å². The highest BCUT2D eigenvalue weighted by atomic mass is 32.2. The van der Waals surface area contributed by atoms with Gasteiger partial charge in [-0.05, 0) is 36.5 Å². The third kappa shape index (κ3) is 2.53. The molecule has 1 saturated carbocycles. The number of thioether (sulfide) groups is 1. The minimum atomic E-state index is -0.422. The Balaban J connectivity index is 2.00. The van der Waals surface area contributed by atoms with Gasteiger partial charge in [-0.1, -0.05) is 0 Å². The van der Waals surface area contributed by atoms with Gasteiger partial charge in [-0.3, -0.25) is 0 Å². The molecule has 0 unspecified atom stereocenters. The molecule has 2 rings (SSSR count). The van der Waals surface area contributed by atoms with Crippen molar-refractivity contribution in [3.63, 3.8) is 0 Å². The minimum Gasteiger partial charge on any atom is -0.207 e. The summed E-state index contributed by atoms with van der Waals surface area (Å²) in [6.45, 7) is 0. The first-order valence-corrected chi connectivity index (χ1v) is 6.09. The van der Waals surface area contributed by atoms with Crippen LogP contribution in [0.15, 0.2) is 23.1 Å². The lowest BCUT2D eigenvalue weighted by atomic mass is 10.1. The van der Waals surface area contributed by atoms with Gasteiger partial charge in [0, 0.05) is 17.1 Å². The SMILES string of the molecule is N#CCC1(CSc2cc(F)ccc2F)CC1. The Morgan fingerprint density at radius 3 is 2.75 bits per heavy atom. The summed E-state index contributed by atoms with van der Waals surface area (Å²) in [5, 5.41) is 8.64. The largest absolute Gasteiger partial charge is 0.207 e. The number of nitrogens with zero attached hydrogens (tertiary/aromatic N) is 1. The van der Waals surface area contributed by atoms with Crippen molar-refractivity contribution in [2.75, 3.05) is 5.75 Å². The highest BCUT2D eigenvalue weighted by Gasteiger charge is 2.42. The molecule has 1 fully saturated rings. The molecule has 0 aliphatic heterocycles. The zero-order chi connectivity index (χ0) is 11.6. The summed E-state index contributed by atoms with van der Waals surface area (Å²) in [6, 6.07) is 5.62. The van der Waals surface area contributed by atoms with Gasteiger partial charge in [0.05, 0.1) is 6.07 Å². The van der Waals surface area contributed by atoms with Crippen LogP contribution in [-0.4, -0.2) is 5.75 Å². The normalized spacial score (nSPS) is 16.8.